The molecule has 0 aliphatic carbocycles. The highest BCUT2D eigenvalue weighted by Gasteiger charge is 2.12. The molecule has 0 spiro atoms. The van der Waals surface area contributed by atoms with Gasteiger partial charge in [-0.1, -0.05) is 0 Å². The van der Waals surface area contributed by atoms with Gasteiger partial charge in [-0.2, -0.15) is 0 Å². The average molecular weight is 214 g/mol. The van der Waals surface area contributed by atoms with Gasteiger partial charge in [0.15, 0.2) is 14.9 Å². The number of pyridine rings is 1. The summed E-state index contributed by atoms with van der Waals surface area (Å²) < 4.78 is 22.3. The monoisotopic (exact) mass is 214 g/mol. The fraction of sp³-hybridized carbons (Fsp3) is 0.250. The second-order valence-corrected chi connectivity index (χ2v) is 4.93. The molecule has 1 amide bonds. The number of aryl methyl sites for hydroxylation is 1. The summed E-state index contributed by atoms with van der Waals surface area (Å²) in [5.41, 5.74) is 5.63. The molecule has 0 bridgehead atoms. The van der Waals surface area contributed by atoms with Crippen molar-refractivity contribution in [1.29, 1.82) is 0 Å². The van der Waals surface area contributed by atoms with Gasteiger partial charge in [0.05, 0.1) is 0 Å². The molecule has 1 heterocycles. The van der Waals surface area contributed by atoms with Gasteiger partial charge in [0, 0.05) is 17.5 Å². The van der Waals surface area contributed by atoms with Gasteiger partial charge in [-0.25, -0.2) is 13.4 Å². The summed E-state index contributed by atoms with van der Waals surface area (Å²) in [4.78, 5) is 14.6. The predicted molar refractivity (Wildman–Crippen MR) is 50.6 cm³/mol. The summed E-state index contributed by atoms with van der Waals surface area (Å²) in [6.07, 6.45) is 1.03. The number of sulfone groups is 1. The highest BCUT2D eigenvalue weighted by molar-refractivity contribution is 7.90. The second kappa shape index (κ2) is 3.38. The van der Waals surface area contributed by atoms with Crippen molar-refractivity contribution in [3.8, 4) is 0 Å². The molecule has 5 nitrogen and oxygen atoms in total. The third-order valence-electron chi connectivity index (χ3n) is 1.59. The van der Waals surface area contributed by atoms with Gasteiger partial charge in [-0.15, -0.1) is 0 Å². The lowest BCUT2D eigenvalue weighted by Gasteiger charge is -2.01. The fourth-order valence-electron chi connectivity index (χ4n) is 0.970. The minimum atomic E-state index is -3.40. The third kappa shape index (κ3) is 2.29. The molecule has 0 aliphatic rings. The molecule has 1 aromatic heterocycles. The van der Waals surface area contributed by atoms with E-state index in [1.54, 1.807) is 6.92 Å². The van der Waals surface area contributed by atoms with Gasteiger partial charge in [0.25, 0.3) is 0 Å². The Morgan fingerprint density at radius 3 is 2.43 bits per heavy atom. The van der Waals surface area contributed by atoms with E-state index in [-0.39, 0.29) is 10.6 Å². The predicted octanol–water partition coefficient (Wildman–Crippen LogP) is -0.108. The normalized spacial score (nSPS) is 11.3. The minimum absolute atomic E-state index is 0.133. The number of hydrogen-bond acceptors (Lipinski definition) is 4. The molecule has 2 N–H and O–H groups in total. The van der Waals surface area contributed by atoms with Crippen LogP contribution in [0.2, 0.25) is 0 Å². The number of amides is 1. The topological polar surface area (TPSA) is 90.1 Å². The van der Waals surface area contributed by atoms with E-state index in [1.807, 2.05) is 0 Å². The van der Waals surface area contributed by atoms with Crippen LogP contribution in [0.25, 0.3) is 0 Å². The lowest BCUT2D eigenvalue weighted by atomic mass is 10.2. The third-order valence-corrected chi connectivity index (χ3v) is 2.56. The van der Waals surface area contributed by atoms with Crippen LogP contribution in [0.3, 0.4) is 0 Å². The standard InChI is InChI=1S/C8H10N2O3S/c1-5-3-6(8(9)11)4-7(10-5)14(2,12)13/h3-4H,1-2H3,(H2,9,11). The van der Waals surface area contributed by atoms with Crippen LogP contribution < -0.4 is 5.73 Å². The number of nitrogens with two attached hydrogens (primary N) is 1. The number of carbonyl (C=O) groups is 1. The molecule has 76 valence electrons. The zero-order valence-corrected chi connectivity index (χ0v) is 8.63. The van der Waals surface area contributed by atoms with E-state index in [0.29, 0.717) is 5.69 Å². The minimum Gasteiger partial charge on any atom is -0.366 e. The van der Waals surface area contributed by atoms with Crippen LogP contribution in [-0.4, -0.2) is 25.6 Å². The maximum absolute atomic E-state index is 11.1. The van der Waals surface area contributed by atoms with Gasteiger partial charge in [-0.3, -0.25) is 4.79 Å². The second-order valence-electron chi connectivity index (χ2n) is 2.97. The number of hydrogen-bond donors (Lipinski definition) is 1. The molecule has 0 unspecified atom stereocenters. The molecule has 1 rings (SSSR count). The van der Waals surface area contributed by atoms with Crippen molar-refractivity contribution in [3.05, 3.63) is 23.4 Å². The van der Waals surface area contributed by atoms with E-state index in [2.05, 4.69) is 4.98 Å². The van der Waals surface area contributed by atoms with E-state index >= 15 is 0 Å². The summed E-state index contributed by atoms with van der Waals surface area (Å²) in [6, 6.07) is 2.61. The molecule has 0 aliphatic heterocycles. The van der Waals surface area contributed by atoms with Crippen molar-refractivity contribution >= 4 is 15.7 Å². The van der Waals surface area contributed by atoms with Crippen LogP contribution in [0.15, 0.2) is 17.2 Å². The molecule has 0 saturated carbocycles. The van der Waals surface area contributed by atoms with Crippen LogP contribution in [0.5, 0.6) is 0 Å². The molecule has 0 fully saturated rings. The van der Waals surface area contributed by atoms with Crippen LogP contribution >= 0.6 is 0 Å². The summed E-state index contributed by atoms with van der Waals surface area (Å²) >= 11 is 0. The maximum Gasteiger partial charge on any atom is 0.248 e. The summed E-state index contributed by atoms with van der Waals surface area (Å²) in [7, 11) is -3.40. The Morgan fingerprint density at radius 1 is 1.43 bits per heavy atom. The maximum atomic E-state index is 11.1. The summed E-state index contributed by atoms with van der Waals surface area (Å²) in [5.74, 6) is -0.666. The molecule has 0 saturated heterocycles. The van der Waals surface area contributed by atoms with Crippen molar-refractivity contribution < 1.29 is 13.2 Å². The van der Waals surface area contributed by atoms with Crippen molar-refractivity contribution in [2.45, 2.75) is 11.9 Å². The summed E-state index contributed by atoms with van der Waals surface area (Å²) in [5, 5.41) is -0.133. The number of carbonyl (C=O) groups excluding carboxylic acids is 1. The Hall–Kier alpha value is -1.43. The first-order valence-electron chi connectivity index (χ1n) is 3.79. The number of nitrogens with zero attached hydrogens (tertiary/aromatic N) is 1. The van der Waals surface area contributed by atoms with Gasteiger partial charge < -0.3 is 5.73 Å². The average Bonchev–Trinajstić information content (AvgIpc) is 2.01. The van der Waals surface area contributed by atoms with Crippen molar-refractivity contribution in [1.82, 2.24) is 4.98 Å². The van der Waals surface area contributed by atoms with E-state index in [4.69, 9.17) is 5.73 Å². The summed E-state index contributed by atoms with van der Waals surface area (Å²) in [6.45, 7) is 1.60. The number of rotatable bonds is 2. The highest BCUT2D eigenvalue weighted by atomic mass is 32.2. The van der Waals surface area contributed by atoms with Crippen LogP contribution in [0, 0.1) is 6.92 Å². The molecule has 14 heavy (non-hydrogen) atoms. The zero-order chi connectivity index (χ0) is 10.9. The number of aromatic nitrogens is 1. The Kier molecular flexibility index (Phi) is 2.57. The van der Waals surface area contributed by atoms with Gasteiger partial charge in [-0.05, 0) is 19.1 Å². The van der Waals surface area contributed by atoms with Gasteiger partial charge in [0.2, 0.25) is 5.91 Å². The fourth-order valence-corrected chi connectivity index (χ4v) is 1.62. The van der Waals surface area contributed by atoms with Crippen molar-refractivity contribution in [3.63, 3.8) is 0 Å². The number of primary amides is 1. The zero-order valence-electron chi connectivity index (χ0n) is 7.81. The van der Waals surface area contributed by atoms with Crippen molar-refractivity contribution in [2.75, 3.05) is 6.26 Å². The van der Waals surface area contributed by atoms with Crippen LogP contribution in [0.1, 0.15) is 16.1 Å². The molecule has 0 atom stereocenters. The van der Waals surface area contributed by atoms with E-state index in [9.17, 15) is 13.2 Å². The van der Waals surface area contributed by atoms with Crippen LogP contribution in [0.4, 0.5) is 0 Å². The molecule has 0 radical (unpaired) electrons. The Balaban J connectivity index is 3.43. The molecule has 1 aromatic rings. The van der Waals surface area contributed by atoms with E-state index in [1.165, 1.54) is 12.1 Å². The molecule has 6 heteroatoms. The van der Waals surface area contributed by atoms with E-state index in [0.717, 1.165) is 6.26 Å². The molecular formula is C8H10N2O3S. The van der Waals surface area contributed by atoms with E-state index < -0.39 is 15.7 Å². The molecule has 0 aromatic carbocycles. The van der Waals surface area contributed by atoms with Gasteiger partial charge in [0.1, 0.15) is 0 Å². The largest absolute Gasteiger partial charge is 0.366 e. The first-order valence-corrected chi connectivity index (χ1v) is 5.68. The first-order chi connectivity index (χ1) is 6.30. The smallest absolute Gasteiger partial charge is 0.248 e. The SMILES string of the molecule is Cc1cc(C(N)=O)cc(S(C)(=O)=O)n1. The molecular weight excluding hydrogens is 204 g/mol. The Labute approximate surface area is 81.9 Å². The lowest BCUT2D eigenvalue weighted by Crippen LogP contribution is -2.13. The lowest BCUT2D eigenvalue weighted by molar-refractivity contribution is 0.1000. The van der Waals surface area contributed by atoms with Crippen molar-refractivity contribution in [2.24, 2.45) is 5.73 Å². The quantitative estimate of drug-likeness (QED) is 0.743. The van der Waals surface area contributed by atoms with Crippen LogP contribution in [-0.2, 0) is 9.84 Å². The first kappa shape index (κ1) is 10.6. The Morgan fingerprint density at radius 2 is 2.00 bits per heavy atom. The van der Waals surface area contributed by atoms with Gasteiger partial charge >= 0.3 is 0 Å². The Bertz CT molecular complexity index is 479. The highest BCUT2D eigenvalue weighted by Crippen LogP contribution is 2.10.